The molecule has 7 nitrogen and oxygen atoms in total. The first-order valence-electron chi connectivity index (χ1n) is 8.48. The van der Waals surface area contributed by atoms with Gasteiger partial charge in [0, 0.05) is 18.8 Å². The van der Waals surface area contributed by atoms with Gasteiger partial charge in [0.2, 0.25) is 0 Å². The van der Waals surface area contributed by atoms with Crippen molar-refractivity contribution in [1.29, 1.82) is 0 Å². The van der Waals surface area contributed by atoms with Crippen molar-refractivity contribution in [1.82, 2.24) is 15.5 Å². The van der Waals surface area contributed by atoms with Crippen molar-refractivity contribution in [2.75, 3.05) is 25.1 Å². The zero-order chi connectivity index (χ0) is 17.5. The Morgan fingerprint density at radius 2 is 2.08 bits per heavy atom. The minimum atomic E-state index is -0.240. The second kappa shape index (κ2) is 8.43. The Labute approximate surface area is 146 Å². The lowest BCUT2D eigenvalue weighted by atomic mass is 10.2. The van der Waals surface area contributed by atoms with Crippen LogP contribution in [0.1, 0.15) is 30.3 Å². The molecule has 0 saturated carbocycles. The number of nitrogens with one attached hydrogen (secondary N) is 2. The van der Waals surface area contributed by atoms with Crippen LogP contribution in [0.15, 0.2) is 36.4 Å². The van der Waals surface area contributed by atoms with Crippen LogP contribution in [0.4, 0.5) is 11.5 Å². The summed E-state index contributed by atoms with van der Waals surface area (Å²) in [5.41, 5.74) is 1.16. The van der Waals surface area contributed by atoms with Gasteiger partial charge in [0.15, 0.2) is 11.5 Å². The van der Waals surface area contributed by atoms with Crippen molar-refractivity contribution in [3.05, 3.63) is 42.1 Å². The van der Waals surface area contributed by atoms with Gasteiger partial charge in [-0.25, -0.2) is 0 Å². The molecule has 0 spiro atoms. The number of carbonyl (C=O) groups excluding carboxylic acids is 1. The molecule has 7 heteroatoms. The molecule has 1 fully saturated rings. The number of anilines is 2. The van der Waals surface area contributed by atoms with Crippen LogP contribution in [0, 0.1) is 0 Å². The third-order valence-corrected chi connectivity index (χ3v) is 3.85. The average Bonchev–Trinajstić information content (AvgIpc) is 3.16. The SMILES string of the molecule is CCOc1ccc(Nc2ccc(C(=O)NCC3CCCO3)nn2)cc1. The van der Waals surface area contributed by atoms with Gasteiger partial charge in [0.25, 0.3) is 5.91 Å². The van der Waals surface area contributed by atoms with E-state index in [-0.39, 0.29) is 17.7 Å². The van der Waals surface area contributed by atoms with E-state index in [1.807, 2.05) is 31.2 Å². The van der Waals surface area contributed by atoms with Crippen LogP contribution in [0.5, 0.6) is 5.75 Å². The number of aromatic nitrogens is 2. The van der Waals surface area contributed by atoms with Gasteiger partial charge in [-0.2, -0.15) is 0 Å². The van der Waals surface area contributed by atoms with E-state index in [9.17, 15) is 4.79 Å². The fourth-order valence-corrected chi connectivity index (χ4v) is 2.57. The summed E-state index contributed by atoms with van der Waals surface area (Å²) in [5.74, 6) is 1.15. The Kier molecular flexibility index (Phi) is 5.79. The fourth-order valence-electron chi connectivity index (χ4n) is 2.57. The molecule has 2 heterocycles. The summed E-state index contributed by atoms with van der Waals surface area (Å²) in [6.07, 6.45) is 2.14. The second-order valence-electron chi connectivity index (χ2n) is 5.73. The number of nitrogens with zero attached hydrogens (tertiary/aromatic N) is 2. The smallest absolute Gasteiger partial charge is 0.271 e. The van der Waals surface area contributed by atoms with E-state index in [1.54, 1.807) is 12.1 Å². The first kappa shape index (κ1) is 17.2. The van der Waals surface area contributed by atoms with E-state index in [2.05, 4.69) is 20.8 Å². The van der Waals surface area contributed by atoms with E-state index in [0.29, 0.717) is 19.0 Å². The first-order chi connectivity index (χ1) is 12.2. The molecule has 1 aromatic carbocycles. The maximum absolute atomic E-state index is 12.1. The Balaban J connectivity index is 1.53. The Hall–Kier alpha value is -2.67. The number of hydrogen-bond donors (Lipinski definition) is 2. The monoisotopic (exact) mass is 342 g/mol. The summed E-state index contributed by atoms with van der Waals surface area (Å²) in [6.45, 7) is 3.86. The summed E-state index contributed by atoms with van der Waals surface area (Å²) in [5, 5.41) is 14.0. The van der Waals surface area contributed by atoms with Gasteiger partial charge < -0.3 is 20.1 Å². The van der Waals surface area contributed by atoms with Gasteiger partial charge in [0.05, 0.1) is 12.7 Å². The highest BCUT2D eigenvalue weighted by molar-refractivity contribution is 5.92. The van der Waals surface area contributed by atoms with E-state index >= 15 is 0 Å². The van der Waals surface area contributed by atoms with Gasteiger partial charge in [-0.05, 0) is 56.2 Å². The minimum absolute atomic E-state index is 0.109. The molecule has 2 aromatic rings. The van der Waals surface area contributed by atoms with Gasteiger partial charge in [0.1, 0.15) is 5.75 Å². The van der Waals surface area contributed by atoms with Crippen LogP contribution in [0.25, 0.3) is 0 Å². The third-order valence-electron chi connectivity index (χ3n) is 3.85. The van der Waals surface area contributed by atoms with Gasteiger partial charge in [-0.15, -0.1) is 10.2 Å². The van der Waals surface area contributed by atoms with Crippen molar-refractivity contribution >= 4 is 17.4 Å². The second-order valence-corrected chi connectivity index (χ2v) is 5.73. The molecule has 1 aliphatic heterocycles. The van der Waals surface area contributed by atoms with Crippen molar-refractivity contribution in [2.24, 2.45) is 0 Å². The standard InChI is InChI=1S/C18H22N4O3/c1-2-24-14-7-5-13(6-8-14)20-17-10-9-16(21-22-17)18(23)19-12-15-4-3-11-25-15/h5-10,15H,2-4,11-12H2,1H3,(H,19,23)(H,20,22). The minimum Gasteiger partial charge on any atom is -0.494 e. The number of ether oxygens (including phenoxy) is 2. The van der Waals surface area contributed by atoms with Crippen LogP contribution >= 0.6 is 0 Å². The summed E-state index contributed by atoms with van der Waals surface area (Å²) in [6, 6.07) is 10.9. The van der Waals surface area contributed by atoms with Gasteiger partial charge in [-0.3, -0.25) is 4.79 Å². The van der Waals surface area contributed by atoms with Crippen LogP contribution in [0.2, 0.25) is 0 Å². The summed E-state index contributed by atoms with van der Waals surface area (Å²) in [7, 11) is 0. The zero-order valence-electron chi connectivity index (χ0n) is 14.2. The molecule has 0 radical (unpaired) electrons. The molecule has 0 bridgehead atoms. The first-order valence-corrected chi connectivity index (χ1v) is 8.48. The van der Waals surface area contributed by atoms with E-state index in [4.69, 9.17) is 9.47 Å². The van der Waals surface area contributed by atoms with Crippen molar-refractivity contribution in [3.63, 3.8) is 0 Å². The largest absolute Gasteiger partial charge is 0.494 e. The predicted octanol–water partition coefficient (Wildman–Crippen LogP) is 2.53. The number of amides is 1. The summed E-state index contributed by atoms with van der Waals surface area (Å²) in [4.78, 5) is 12.1. The lowest BCUT2D eigenvalue weighted by Gasteiger charge is -2.10. The topological polar surface area (TPSA) is 85.4 Å². The highest BCUT2D eigenvalue weighted by Crippen LogP contribution is 2.18. The molecule has 0 aliphatic carbocycles. The number of benzene rings is 1. The molecule has 2 N–H and O–H groups in total. The number of hydrogen-bond acceptors (Lipinski definition) is 6. The molecule has 1 atom stereocenters. The van der Waals surface area contributed by atoms with Crippen molar-refractivity contribution in [3.8, 4) is 5.75 Å². The van der Waals surface area contributed by atoms with E-state index in [0.717, 1.165) is 30.9 Å². The average molecular weight is 342 g/mol. The Morgan fingerprint density at radius 1 is 1.24 bits per heavy atom. The molecule has 1 unspecified atom stereocenters. The van der Waals surface area contributed by atoms with Crippen LogP contribution < -0.4 is 15.4 Å². The third kappa shape index (κ3) is 4.90. The quantitative estimate of drug-likeness (QED) is 0.804. The molecular formula is C18H22N4O3. The van der Waals surface area contributed by atoms with Crippen LogP contribution in [-0.4, -0.2) is 42.0 Å². The maximum atomic E-state index is 12.1. The molecule has 1 aliphatic rings. The lowest BCUT2D eigenvalue weighted by Crippen LogP contribution is -2.32. The van der Waals surface area contributed by atoms with E-state index in [1.165, 1.54) is 0 Å². The zero-order valence-corrected chi connectivity index (χ0v) is 14.2. The summed E-state index contributed by atoms with van der Waals surface area (Å²) >= 11 is 0. The molecular weight excluding hydrogens is 320 g/mol. The molecule has 132 valence electrons. The molecule has 1 saturated heterocycles. The molecule has 3 rings (SSSR count). The normalized spacial score (nSPS) is 16.4. The lowest BCUT2D eigenvalue weighted by molar-refractivity contribution is 0.0853. The number of rotatable bonds is 7. The summed E-state index contributed by atoms with van der Waals surface area (Å²) < 4.78 is 10.9. The predicted molar refractivity (Wildman–Crippen MR) is 94.2 cm³/mol. The Bertz CT molecular complexity index is 682. The Morgan fingerprint density at radius 3 is 2.72 bits per heavy atom. The van der Waals surface area contributed by atoms with Crippen LogP contribution in [0.3, 0.4) is 0 Å². The highest BCUT2D eigenvalue weighted by atomic mass is 16.5. The van der Waals surface area contributed by atoms with Gasteiger partial charge >= 0.3 is 0 Å². The van der Waals surface area contributed by atoms with Crippen molar-refractivity contribution < 1.29 is 14.3 Å². The number of carbonyl (C=O) groups is 1. The maximum Gasteiger partial charge on any atom is 0.271 e. The molecule has 1 aromatic heterocycles. The highest BCUT2D eigenvalue weighted by Gasteiger charge is 2.17. The van der Waals surface area contributed by atoms with E-state index < -0.39 is 0 Å². The van der Waals surface area contributed by atoms with Crippen LogP contribution in [-0.2, 0) is 4.74 Å². The molecule has 25 heavy (non-hydrogen) atoms. The van der Waals surface area contributed by atoms with Crippen molar-refractivity contribution in [2.45, 2.75) is 25.9 Å². The fraction of sp³-hybridized carbons (Fsp3) is 0.389. The molecule has 1 amide bonds. The van der Waals surface area contributed by atoms with Gasteiger partial charge in [-0.1, -0.05) is 0 Å².